The van der Waals surface area contributed by atoms with E-state index in [2.05, 4.69) is 5.32 Å². The van der Waals surface area contributed by atoms with Crippen LogP contribution in [0.2, 0.25) is 0 Å². The molecule has 132 valence electrons. The summed E-state index contributed by atoms with van der Waals surface area (Å²) in [6, 6.07) is 0. The molecule has 0 aliphatic carbocycles. The van der Waals surface area contributed by atoms with Crippen LogP contribution in [0.25, 0.3) is 0 Å². The minimum absolute atomic E-state index is 0.317. The maximum absolute atomic E-state index is 12.8. The summed E-state index contributed by atoms with van der Waals surface area (Å²) >= 11 is 0. The second-order valence-corrected chi connectivity index (χ2v) is 9.74. The lowest BCUT2D eigenvalue weighted by Gasteiger charge is -2.45. The van der Waals surface area contributed by atoms with Crippen LogP contribution >= 0.6 is 0 Å². The zero-order valence-corrected chi connectivity index (χ0v) is 15.5. The number of nitrogens with two attached hydrogens (primary N) is 2. The molecule has 1 atom stereocenters. The van der Waals surface area contributed by atoms with Gasteiger partial charge in [-0.15, -0.1) is 0 Å². The molecule has 7 nitrogen and oxygen atoms in total. The molecule has 0 saturated heterocycles. The summed E-state index contributed by atoms with van der Waals surface area (Å²) in [6.45, 7) is 11.8. The summed E-state index contributed by atoms with van der Waals surface area (Å²) in [7, 11) is -4.21. The van der Waals surface area contributed by atoms with E-state index >= 15 is 0 Å². The maximum atomic E-state index is 12.8. The highest BCUT2D eigenvalue weighted by Gasteiger charge is 2.48. The zero-order valence-electron chi connectivity index (χ0n) is 14.6. The van der Waals surface area contributed by atoms with E-state index in [4.69, 9.17) is 16.0 Å². The van der Waals surface area contributed by atoms with Crippen molar-refractivity contribution in [2.75, 3.05) is 5.75 Å². The molecule has 0 aromatic carbocycles. The van der Waals surface area contributed by atoms with Gasteiger partial charge in [-0.25, -0.2) is 0 Å². The third-order valence-corrected chi connectivity index (χ3v) is 4.81. The normalized spacial score (nSPS) is 17.0. The summed E-state index contributed by atoms with van der Waals surface area (Å²) in [4.78, 5) is 12.8. The lowest BCUT2D eigenvalue weighted by Crippen LogP contribution is -2.63. The Kier molecular flexibility index (Phi) is 5.88. The van der Waals surface area contributed by atoms with Gasteiger partial charge in [0.25, 0.3) is 10.1 Å². The maximum Gasteiger partial charge on any atom is 0.267 e. The van der Waals surface area contributed by atoms with Crippen molar-refractivity contribution in [3.8, 4) is 0 Å². The van der Waals surface area contributed by atoms with E-state index < -0.39 is 43.8 Å². The number of amides is 1. The van der Waals surface area contributed by atoms with Crippen LogP contribution in [-0.4, -0.2) is 41.2 Å². The molecule has 0 aromatic rings. The molecule has 0 rings (SSSR count). The van der Waals surface area contributed by atoms with Crippen molar-refractivity contribution in [1.82, 2.24) is 5.32 Å². The fourth-order valence-corrected chi connectivity index (χ4v) is 3.43. The van der Waals surface area contributed by atoms with Crippen molar-refractivity contribution < 1.29 is 17.8 Å². The molecular weight excluding hydrogens is 306 g/mol. The second kappa shape index (κ2) is 6.07. The Bertz CT molecular complexity index is 515. The standard InChI is InChI=1S/C14H31N3O4S/c1-11(2,15)8-14(7,13(5,6)16)10(18)17-12(3,4)9-22(19,20)21/h8-9,15-16H2,1-7H3,(H,17,18)(H,19,20,21). The average Bonchev–Trinajstić information content (AvgIpc) is 2.06. The van der Waals surface area contributed by atoms with E-state index in [1.807, 2.05) is 0 Å². The molecular formula is C14H31N3O4S. The Morgan fingerprint density at radius 3 is 1.73 bits per heavy atom. The van der Waals surface area contributed by atoms with Crippen LogP contribution in [0.15, 0.2) is 0 Å². The van der Waals surface area contributed by atoms with Gasteiger partial charge in [-0.1, -0.05) is 0 Å². The highest BCUT2D eigenvalue weighted by atomic mass is 32.2. The molecule has 1 amide bonds. The molecule has 0 aliphatic rings. The van der Waals surface area contributed by atoms with Gasteiger partial charge in [-0.05, 0) is 54.9 Å². The minimum atomic E-state index is -4.21. The van der Waals surface area contributed by atoms with Crippen molar-refractivity contribution in [1.29, 1.82) is 0 Å². The summed E-state index contributed by atoms with van der Waals surface area (Å²) in [5, 5.41) is 2.67. The number of hydrogen-bond acceptors (Lipinski definition) is 5. The number of carbonyl (C=O) groups is 1. The fraction of sp³-hybridized carbons (Fsp3) is 0.929. The summed E-state index contributed by atoms with van der Waals surface area (Å²) < 4.78 is 31.1. The molecule has 1 unspecified atom stereocenters. The quantitative estimate of drug-likeness (QED) is 0.503. The topological polar surface area (TPSA) is 136 Å². The van der Waals surface area contributed by atoms with E-state index in [1.165, 1.54) is 13.8 Å². The monoisotopic (exact) mass is 337 g/mol. The van der Waals surface area contributed by atoms with E-state index in [0.717, 1.165) is 0 Å². The summed E-state index contributed by atoms with van der Waals surface area (Å²) in [5.74, 6) is -0.981. The molecule has 0 radical (unpaired) electrons. The van der Waals surface area contributed by atoms with Gasteiger partial charge in [0, 0.05) is 11.1 Å². The molecule has 0 aliphatic heterocycles. The molecule has 0 fully saturated rings. The lowest BCUT2D eigenvalue weighted by molar-refractivity contribution is -0.136. The largest absolute Gasteiger partial charge is 0.350 e. The molecule has 0 bridgehead atoms. The Morgan fingerprint density at radius 2 is 1.45 bits per heavy atom. The van der Waals surface area contributed by atoms with Crippen LogP contribution in [0, 0.1) is 5.41 Å². The highest BCUT2D eigenvalue weighted by Crippen LogP contribution is 2.37. The van der Waals surface area contributed by atoms with Crippen LogP contribution in [0.4, 0.5) is 0 Å². The van der Waals surface area contributed by atoms with Gasteiger partial charge in [0.05, 0.1) is 16.7 Å². The van der Waals surface area contributed by atoms with Crippen LogP contribution in [0.1, 0.15) is 54.9 Å². The fourth-order valence-electron chi connectivity index (χ4n) is 2.45. The van der Waals surface area contributed by atoms with Gasteiger partial charge in [0.1, 0.15) is 0 Å². The molecule has 22 heavy (non-hydrogen) atoms. The van der Waals surface area contributed by atoms with Crippen LogP contribution in [-0.2, 0) is 14.9 Å². The molecule has 0 aromatic heterocycles. The van der Waals surface area contributed by atoms with Gasteiger partial charge in [0.15, 0.2) is 0 Å². The molecule has 0 saturated carbocycles. The van der Waals surface area contributed by atoms with E-state index in [0.29, 0.717) is 6.42 Å². The summed E-state index contributed by atoms with van der Waals surface area (Å²) in [5.41, 5.74) is 8.59. The van der Waals surface area contributed by atoms with Crippen LogP contribution in [0.3, 0.4) is 0 Å². The molecule has 0 heterocycles. The predicted octanol–water partition coefficient (Wildman–Crippen LogP) is 0.640. The van der Waals surface area contributed by atoms with Crippen molar-refractivity contribution in [3.63, 3.8) is 0 Å². The number of nitrogens with one attached hydrogen (secondary N) is 1. The highest BCUT2D eigenvalue weighted by molar-refractivity contribution is 7.85. The average molecular weight is 337 g/mol. The van der Waals surface area contributed by atoms with Gasteiger partial charge in [0.2, 0.25) is 5.91 Å². The van der Waals surface area contributed by atoms with E-state index in [1.54, 1.807) is 34.6 Å². The predicted molar refractivity (Wildman–Crippen MR) is 87.9 cm³/mol. The first-order chi connectivity index (χ1) is 9.29. The Labute approximate surface area is 134 Å². The zero-order chi connectivity index (χ0) is 18.2. The first kappa shape index (κ1) is 21.3. The van der Waals surface area contributed by atoms with Gasteiger partial charge in [-0.3, -0.25) is 9.35 Å². The van der Waals surface area contributed by atoms with E-state index in [9.17, 15) is 13.2 Å². The Hall–Kier alpha value is -0.700. The molecule has 0 spiro atoms. The van der Waals surface area contributed by atoms with Crippen molar-refractivity contribution in [3.05, 3.63) is 0 Å². The van der Waals surface area contributed by atoms with Gasteiger partial charge in [-0.2, -0.15) is 8.42 Å². The number of carbonyl (C=O) groups excluding carboxylic acids is 1. The van der Waals surface area contributed by atoms with Gasteiger partial charge >= 0.3 is 0 Å². The third kappa shape index (κ3) is 6.60. The minimum Gasteiger partial charge on any atom is -0.350 e. The third-order valence-electron chi connectivity index (χ3n) is 3.73. The number of rotatable bonds is 7. The smallest absolute Gasteiger partial charge is 0.267 e. The van der Waals surface area contributed by atoms with Crippen LogP contribution in [0.5, 0.6) is 0 Å². The Balaban J connectivity index is 5.50. The van der Waals surface area contributed by atoms with E-state index in [-0.39, 0.29) is 0 Å². The first-order valence-corrected chi connectivity index (χ1v) is 8.76. The van der Waals surface area contributed by atoms with Crippen molar-refractivity contribution >= 4 is 16.0 Å². The Morgan fingerprint density at radius 1 is 1.05 bits per heavy atom. The number of hydrogen-bond donors (Lipinski definition) is 4. The lowest BCUT2D eigenvalue weighted by atomic mass is 9.66. The molecule has 6 N–H and O–H groups in total. The van der Waals surface area contributed by atoms with Crippen molar-refractivity contribution in [2.24, 2.45) is 16.9 Å². The first-order valence-electron chi connectivity index (χ1n) is 7.15. The second-order valence-electron chi connectivity index (χ2n) is 8.28. The molecule has 8 heteroatoms. The summed E-state index contributed by atoms with van der Waals surface area (Å²) in [6.07, 6.45) is 0.317. The van der Waals surface area contributed by atoms with Crippen LogP contribution < -0.4 is 16.8 Å². The van der Waals surface area contributed by atoms with Crippen molar-refractivity contribution in [2.45, 2.75) is 71.5 Å². The SMILES string of the molecule is CC(C)(N)CC(C)(C(=O)NC(C)(C)CS(=O)(=O)O)C(C)(C)N. The van der Waals surface area contributed by atoms with Gasteiger partial charge < -0.3 is 16.8 Å².